The van der Waals surface area contributed by atoms with Crippen molar-refractivity contribution < 1.29 is 14.7 Å². The molecule has 0 aromatic heterocycles. The first-order chi connectivity index (χ1) is 6.24. The van der Waals surface area contributed by atoms with Gasteiger partial charge in [0.2, 0.25) is 6.41 Å². The Balaban J connectivity index is 2.32. The Morgan fingerprint density at radius 2 is 2.31 bits per heavy atom. The number of hydrogen-bond acceptors (Lipinski definition) is 2. The van der Waals surface area contributed by atoms with Crippen LogP contribution < -0.4 is 5.32 Å². The summed E-state index contributed by atoms with van der Waals surface area (Å²) in [6.45, 7) is 0.618. The molecule has 1 saturated carbocycles. The number of aliphatic carboxylic acids is 1. The maximum atomic E-state index is 10.7. The zero-order chi connectivity index (χ0) is 9.68. The minimum atomic E-state index is -0.698. The molecule has 2 N–H and O–H groups in total. The Morgan fingerprint density at radius 1 is 1.54 bits per heavy atom. The number of nitrogens with one attached hydrogen (secondary N) is 1. The van der Waals surface area contributed by atoms with E-state index in [4.69, 9.17) is 5.11 Å². The summed E-state index contributed by atoms with van der Waals surface area (Å²) < 4.78 is 0. The lowest BCUT2D eigenvalue weighted by atomic mass is 9.81. The third-order valence-corrected chi connectivity index (χ3v) is 2.62. The smallest absolute Gasteiger partial charge is 0.306 e. The maximum absolute atomic E-state index is 10.7. The molecule has 0 aromatic rings. The van der Waals surface area contributed by atoms with Gasteiger partial charge in [-0.3, -0.25) is 9.59 Å². The SMILES string of the molecule is O=CNCC1CCCC(C(=O)O)C1. The number of amides is 1. The summed E-state index contributed by atoms with van der Waals surface area (Å²) in [7, 11) is 0. The summed E-state index contributed by atoms with van der Waals surface area (Å²) in [5, 5.41) is 11.4. The lowest BCUT2D eigenvalue weighted by Gasteiger charge is -2.25. The van der Waals surface area contributed by atoms with Crippen molar-refractivity contribution in [2.75, 3.05) is 6.54 Å². The third kappa shape index (κ3) is 3.05. The minimum Gasteiger partial charge on any atom is -0.481 e. The molecule has 0 spiro atoms. The van der Waals surface area contributed by atoms with Crippen molar-refractivity contribution in [2.24, 2.45) is 11.8 Å². The van der Waals surface area contributed by atoms with Crippen LogP contribution in [0.5, 0.6) is 0 Å². The quantitative estimate of drug-likeness (QED) is 0.631. The fraction of sp³-hybridized carbons (Fsp3) is 0.778. The van der Waals surface area contributed by atoms with Crippen molar-refractivity contribution in [3.8, 4) is 0 Å². The van der Waals surface area contributed by atoms with Crippen molar-refractivity contribution in [1.82, 2.24) is 5.32 Å². The number of carbonyl (C=O) groups is 2. The van der Waals surface area contributed by atoms with E-state index < -0.39 is 5.97 Å². The lowest BCUT2D eigenvalue weighted by Crippen LogP contribution is -2.29. The van der Waals surface area contributed by atoms with E-state index >= 15 is 0 Å². The van der Waals surface area contributed by atoms with Crippen LogP contribution in [0, 0.1) is 11.8 Å². The number of hydrogen-bond donors (Lipinski definition) is 2. The molecule has 4 nitrogen and oxygen atoms in total. The normalized spacial score (nSPS) is 28.0. The number of carbonyl (C=O) groups excluding carboxylic acids is 1. The molecule has 2 atom stereocenters. The van der Waals surface area contributed by atoms with E-state index in [0.717, 1.165) is 19.3 Å². The molecule has 1 aliphatic carbocycles. The molecule has 0 radical (unpaired) electrons. The Labute approximate surface area is 77.3 Å². The molecule has 1 aliphatic rings. The van der Waals surface area contributed by atoms with Gasteiger partial charge in [0.1, 0.15) is 0 Å². The topological polar surface area (TPSA) is 66.4 Å². The van der Waals surface area contributed by atoms with Crippen LogP contribution in [-0.2, 0) is 9.59 Å². The van der Waals surface area contributed by atoms with E-state index in [9.17, 15) is 9.59 Å². The second-order valence-electron chi connectivity index (χ2n) is 3.59. The van der Waals surface area contributed by atoms with Gasteiger partial charge in [-0.25, -0.2) is 0 Å². The highest BCUT2D eigenvalue weighted by Crippen LogP contribution is 2.28. The van der Waals surface area contributed by atoms with E-state index in [1.54, 1.807) is 0 Å². The van der Waals surface area contributed by atoms with Gasteiger partial charge in [-0.15, -0.1) is 0 Å². The van der Waals surface area contributed by atoms with Gasteiger partial charge in [0, 0.05) is 6.54 Å². The standard InChI is InChI=1S/C9H15NO3/c11-6-10-5-7-2-1-3-8(4-7)9(12)13/h6-8H,1-5H2,(H,10,11)(H,12,13). The van der Waals surface area contributed by atoms with E-state index in [1.807, 2.05) is 0 Å². The monoisotopic (exact) mass is 185 g/mol. The summed E-state index contributed by atoms with van der Waals surface area (Å²) in [4.78, 5) is 20.7. The van der Waals surface area contributed by atoms with Gasteiger partial charge >= 0.3 is 5.97 Å². The van der Waals surface area contributed by atoms with Crippen LogP contribution in [0.15, 0.2) is 0 Å². The fourth-order valence-electron chi connectivity index (χ4n) is 1.92. The van der Waals surface area contributed by atoms with Gasteiger partial charge in [0.25, 0.3) is 0 Å². The van der Waals surface area contributed by atoms with Crippen molar-refractivity contribution in [3.63, 3.8) is 0 Å². The molecular weight excluding hydrogens is 170 g/mol. The van der Waals surface area contributed by atoms with Gasteiger partial charge in [-0.1, -0.05) is 6.42 Å². The fourth-order valence-corrected chi connectivity index (χ4v) is 1.92. The zero-order valence-electron chi connectivity index (χ0n) is 7.53. The highest BCUT2D eigenvalue weighted by molar-refractivity contribution is 5.70. The van der Waals surface area contributed by atoms with Gasteiger partial charge in [0.15, 0.2) is 0 Å². The van der Waals surface area contributed by atoms with Gasteiger partial charge in [-0.2, -0.15) is 0 Å². The molecule has 1 amide bonds. The molecule has 0 saturated heterocycles. The highest BCUT2D eigenvalue weighted by Gasteiger charge is 2.26. The zero-order valence-corrected chi connectivity index (χ0v) is 7.53. The molecule has 74 valence electrons. The van der Waals surface area contributed by atoms with Crippen molar-refractivity contribution >= 4 is 12.4 Å². The summed E-state index contributed by atoms with van der Waals surface area (Å²) in [5.41, 5.74) is 0. The summed E-state index contributed by atoms with van der Waals surface area (Å²) in [6.07, 6.45) is 4.15. The molecule has 1 rings (SSSR count). The molecule has 2 unspecified atom stereocenters. The third-order valence-electron chi connectivity index (χ3n) is 2.62. The summed E-state index contributed by atoms with van der Waals surface area (Å²) in [6, 6.07) is 0. The lowest BCUT2D eigenvalue weighted by molar-refractivity contribution is -0.143. The Kier molecular flexibility index (Phi) is 3.73. The molecule has 13 heavy (non-hydrogen) atoms. The van der Waals surface area contributed by atoms with Crippen LogP contribution in [-0.4, -0.2) is 24.0 Å². The number of carboxylic acid groups (broad SMARTS) is 1. The van der Waals surface area contributed by atoms with Crippen LogP contribution in [0.4, 0.5) is 0 Å². The Hall–Kier alpha value is -1.06. The van der Waals surface area contributed by atoms with E-state index in [-0.39, 0.29) is 5.92 Å². The van der Waals surface area contributed by atoms with Gasteiger partial charge in [-0.05, 0) is 25.2 Å². The molecule has 0 aliphatic heterocycles. The second kappa shape index (κ2) is 4.84. The number of rotatable bonds is 4. The first-order valence-electron chi connectivity index (χ1n) is 4.64. The van der Waals surface area contributed by atoms with Gasteiger partial charge in [0.05, 0.1) is 5.92 Å². The predicted molar refractivity (Wildman–Crippen MR) is 47.2 cm³/mol. The van der Waals surface area contributed by atoms with Crippen molar-refractivity contribution in [1.29, 1.82) is 0 Å². The van der Waals surface area contributed by atoms with E-state index in [2.05, 4.69) is 5.32 Å². The molecule has 0 aromatic carbocycles. The van der Waals surface area contributed by atoms with Crippen LogP contribution in [0.2, 0.25) is 0 Å². The van der Waals surface area contributed by atoms with E-state index in [0.29, 0.717) is 25.3 Å². The van der Waals surface area contributed by atoms with Gasteiger partial charge < -0.3 is 10.4 Å². The van der Waals surface area contributed by atoms with Crippen LogP contribution in [0.3, 0.4) is 0 Å². The Morgan fingerprint density at radius 3 is 2.92 bits per heavy atom. The Bertz CT molecular complexity index is 193. The van der Waals surface area contributed by atoms with Crippen LogP contribution in [0.25, 0.3) is 0 Å². The average Bonchev–Trinajstić information content (AvgIpc) is 2.15. The van der Waals surface area contributed by atoms with Crippen LogP contribution >= 0.6 is 0 Å². The predicted octanol–water partition coefficient (Wildman–Crippen LogP) is 0.623. The van der Waals surface area contributed by atoms with Crippen LogP contribution in [0.1, 0.15) is 25.7 Å². The summed E-state index contributed by atoms with van der Waals surface area (Å²) in [5.74, 6) is -0.553. The first kappa shape index (κ1) is 10.0. The molecular formula is C9H15NO3. The molecule has 0 heterocycles. The molecule has 0 bridgehead atoms. The number of carboxylic acids is 1. The van der Waals surface area contributed by atoms with Crippen molar-refractivity contribution in [2.45, 2.75) is 25.7 Å². The summed E-state index contributed by atoms with van der Waals surface area (Å²) >= 11 is 0. The first-order valence-corrected chi connectivity index (χ1v) is 4.64. The highest BCUT2D eigenvalue weighted by atomic mass is 16.4. The average molecular weight is 185 g/mol. The van der Waals surface area contributed by atoms with E-state index in [1.165, 1.54) is 0 Å². The maximum Gasteiger partial charge on any atom is 0.306 e. The molecule has 4 heteroatoms. The molecule has 1 fully saturated rings. The van der Waals surface area contributed by atoms with Crippen molar-refractivity contribution in [3.05, 3.63) is 0 Å². The largest absolute Gasteiger partial charge is 0.481 e. The second-order valence-corrected chi connectivity index (χ2v) is 3.59. The minimum absolute atomic E-state index is 0.202.